The Hall–Kier alpha value is -2.17. The lowest BCUT2D eigenvalue weighted by Crippen LogP contribution is -2.34. The molecule has 1 aromatic carbocycles. The molecule has 1 aromatic rings. The molecule has 5 nitrogen and oxygen atoms in total. The van der Waals surface area contributed by atoms with Crippen molar-refractivity contribution in [3.63, 3.8) is 0 Å². The maximum atomic E-state index is 12.0. The lowest BCUT2D eigenvalue weighted by atomic mass is 9.90. The van der Waals surface area contributed by atoms with Gasteiger partial charge in [-0.15, -0.1) is 0 Å². The summed E-state index contributed by atoms with van der Waals surface area (Å²) in [6, 6.07) is 0. The van der Waals surface area contributed by atoms with E-state index in [1.807, 2.05) is 20.8 Å². The maximum Gasteiger partial charge on any atom is 0.509 e. The Kier molecular flexibility index (Phi) is 6.75. The molecule has 5 heteroatoms. The normalized spacial score (nSPS) is 13.7. The van der Waals surface area contributed by atoms with E-state index in [4.69, 9.17) is 14.2 Å². The average molecular weight is 364 g/mol. The molecule has 1 N–H and O–H groups in total. The van der Waals surface area contributed by atoms with E-state index in [1.165, 1.54) is 0 Å². The third-order valence-corrected chi connectivity index (χ3v) is 4.55. The van der Waals surface area contributed by atoms with E-state index >= 15 is 0 Å². The van der Waals surface area contributed by atoms with Crippen LogP contribution in [0.3, 0.4) is 0 Å². The first-order valence-corrected chi connectivity index (χ1v) is 8.76. The van der Waals surface area contributed by atoms with Gasteiger partial charge >= 0.3 is 6.16 Å². The largest absolute Gasteiger partial charge is 0.509 e. The second-order valence-electron chi connectivity index (χ2n) is 7.82. The molecule has 0 bridgehead atoms. The molecule has 0 aliphatic carbocycles. The van der Waals surface area contributed by atoms with Crippen LogP contribution in [0, 0.1) is 20.8 Å². The van der Waals surface area contributed by atoms with E-state index in [0.29, 0.717) is 12.8 Å². The summed E-state index contributed by atoms with van der Waals surface area (Å²) in [6.07, 6.45) is 1.80. The first kappa shape index (κ1) is 21.9. The van der Waals surface area contributed by atoms with Crippen LogP contribution in [0.2, 0.25) is 0 Å². The number of benzene rings is 1. The highest BCUT2D eigenvalue weighted by molar-refractivity contribution is 5.61. The fourth-order valence-electron chi connectivity index (χ4n) is 2.81. The Labute approximate surface area is 157 Å². The molecule has 146 valence electrons. The molecule has 0 radical (unpaired) electrons. The zero-order valence-electron chi connectivity index (χ0n) is 17.3. The zero-order valence-corrected chi connectivity index (χ0v) is 17.3. The Morgan fingerprint density at radius 2 is 1.65 bits per heavy atom. The van der Waals surface area contributed by atoms with Crippen LogP contribution in [0.5, 0.6) is 11.5 Å². The van der Waals surface area contributed by atoms with E-state index < -0.39 is 17.4 Å². The SMILES string of the molecule is C=CC(C)(CCc1c(C)c(OC)c(C)c(C)c1O)OC(=O)OC(C)(C)C. The molecule has 0 aromatic heterocycles. The number of hydrogen-bond donors (Lipinski definition) is 1. The number of phenols is 1. The van der Waals surface area contributed by atoms with Crippen LogP contribution in [0.1, 0.15) is 56.4 Å². The number of hydrogen-bond acceptors (Lipinski definition) is 5. The van der Waals surface area contributed by atoms with Gasteiger partial charge in [-0.2, -0.15) is 0 Å². The smallest absolute Gasteiger partial charge is 0.507 e. The Bertz CT molecular complexity index is 685. The lowest BCUT2D eigenvalue weighted by Gasteiger charge is -2.29. The maximum absolute atomic E-state index is 12.0. The number of rotatable bonds is 6. The van der Waals surface area contributed by atoms with Crippen molar-refractivity contribution in [3.05, 3.63) is 34.9 Å². The first-order chi connectivity index (χ1) is 11.8. The second-order valence-corrected chi connectivity index (χ2v) is 7.82. The summed E-state index contributed by atoms with van der Waals surface area (Å²) in [7, 11) is 1.62. The molecular formula is C21H32O5. The van der Waals surface area contributed by atoms with Crippen molar-refractivity contribution >= 4 is 6.16 Å². The van der Waals surface area contributed by atoms with E-state index in [-0.39, 0.29) is 5.75 Å². The summed E-state index contributed by atoms with van der Waals surface area (Å²) in [5.41, 5.74) is 1.84. The Balaban J connectivity index is 3.04. The molecule has 0 aliphatic heterocycles. The van der Waals surface area contributed by atoms with Gasteiger partial charge in [0.25, 0.3) is 0 Å². The van der Waals surface area contributed by atoms with Crippen LogP contribution in [-0.2, 0) is 15.9 Å². The summed E-state index contributed by atoms with van der Waals surface area (Å²) >= 11 is 0. The van der Waals surface area contributed by atoms with Crippen LogP contribution in [0.15, 0.2) is 12.7 Å². The number of methoxy groups -OCH3 is 1. The van der Waals surface area contributed by atoms with Crippen molar-refractivity contribution in [1.29, 1.82) is 0 Å². The van der Waals surface area contributed by atoms with Gasteiger partial charge in [0.05, 0.1) is 7.11 Å². The molecule has 0 saturated carbocycles. The zero-order chi connectivity index (χ0) is 20.3. The third kappa shape index (κ3) is 5.16. The Morgan fingerprint density at radius 1 is 1.08 bits per heavy atom. The predicted molar refractivity (Wildman–Crippen MR) is 103 cm³/mol. The van der Waals surface area contributed by atoms with Gasteiger partial charge in [0.15, 0.2) is 0 Å². The highest BCUT2D eigenvalue weighted by Gasteiger charge is 2.29. The molecule has 0 amide bonds. The van der Waals surface area contributed by atoms with Gasteiger partial charge in [-0.1, -0.05) is 6.58 Å². The molecule has 0 heterocycles. The summed E-state index contributed by atoms with van der Waals surface area (Å²) in [5.74, 6) is 1.02. The molecule has 0 saturated heterocycles. The van der Waals surface area contributed by atoms with Crippen molar-refractivity contribution in [2.24, 2.45) is 0 Å². The minimum absolute atomic E-state index is 0.254. The first-order valence-electron chi connectivity index (χ1n) is 8.76. The standard InChI is InChI=1S/C21H32O5/c1-10-21(8,26-19(23)25-20(5,6)7)12-11-16-15(4)18(24-9)14(3)13(2)17(16)22/h10,22H,1,11-12H2,2-9H3. The third-order valence-electron chi connectivity index (χ3n) is 4.55. The number of ether oxygens (including phenoxy) is 3. The molecule has 1 unspecified atom stereocenters. The van der Waals surface area contributed by atoms with Crippen molar-refractivity contribution in [2.45, 2.75) is 72.5 Å². The molecule has 0 fully saturated rings. The topological polar surface area (TPSA) is 65.0 Å². The highest BCUT2D eigenvalue weighted by Crippen LogP contribution is 2.38. The van der Waals surface area contributed by atoms with Crippen LogP contribution in [-0.4, -0.2) is 29.6 Å². The molecule has 0 spiro atoms. The summed E-state index contributed by atoms with van der Waals surface area (Å²) < 4.78 is 16.2. The molecule has 1 atom stereocenters. The van der Waals surface area contributed by atoms with E-state index in [0.717, 1.165) is 28.0 Å². The van der Waals surface area contributed by atoms with Gasteiger partial charge in [-0.3, -0.25) is 0 Å². The second kappa shape index (κ2) is 8.02. The van der Waals surface area contributed by atoms with Crippen molar-refractivity contribution in [2.75, 3.05) is 7.11 Å². The number of aromatic hydroxyl groups is 1. The molecular weight excluding hydrogens is 332 g/mol. The number of phenolic OH excluding ortho intramolecular Hbond substituents is 1. The van der Waals surface area contributed by atoms with Crippen molar-refractivity contribution < 1.29 is 24.1 Å². The van der Waals surface area contributed by atoms with E-state index in [9.17, 15) is 9.90 Å². The minimum atomic E-state index is -0.909. The quantitative estimate of drug-likeness (QED) is 0.558. The van der Waals surface area contributed by atoms with Gasteiger partial charge in [0.1, 0.15) is 22.7 Å². The van der Waals surface area contributed by atoms with Gasteiger partial charge in [0, 0.05) is 5.56 Å². The summed E-state index contributed by atoms with van der Waals surface area (Å²) in [4.78, 5) is 12.0. The predicted octanol–water partition coefficient (Wildman–Crippen LogP) is 5.16. The van der Waals surface area contributed by atoms with Gasteiger partial charge < -0.3 is 19.3 Å². The van der Waals surface area contributed by atoms with Gasteiger partial charge in [-0.25, -0.2) is 4.79 Å². The minimum Gasteiger partial charge on any atom is -0.507 e. The fourth-order valence-corrected chi connectivity index (χ4v) is 2.81. The summed E-state index contributed by atoms with van der Waals surface area (Å²) in [5, 5.41) is 10.6. The monoisotopic (exact) mass is 364 g/mol. The van der Waals surface area contributed by atoms with Crippen molar-refractivity contribution in [1.82, 2.24) is 0 Å². The number of carbonyl (C=O) groups excluding carboxylic acids is 1. The fraction of sp³-hybridized carbons (Fsp3) is 0.571. The van der Waals surface area contributed by atoms with Crippen LogP contribution >= 0.6 is 0 Å². The Morgan fingerprint density at radius 3 is 2.12 bits per heavy atom. The van der Waals surface area contributed by atoms with Crippen LogP contribution in [0.25, 0.3) is 0 Å². The molecule has 1 rings (SSSR count). The molecule has 26 heavy (non-hydrogen) atoms. The average Bonchev–Trinajstić information content (AvgIpc) is 2.51. The van der Waals surface area contributed by atoms with Crippen LogP contribution in [0.4, 0.5) is 4.79 Å². The highest BCUT2D eigenvalue weighted by atomic mass is 16.7. The van der Waals surface area contributed by atoms with Crippen molar-refractivity contribution in [3.8, 4) is 11.5 Å². The summed E-state index contributed by atoms with van der Waals surface area (Å²) in [6.45, 7) is 16.6. The van der Waals surface area contributed by atoms with E-state index in [1.54, 1.807) is 40.9 Å². The number of carbonyl (C=O) groups is 1. The van der Waals surface area contributed by atoms with Crippen LogP contribution < -0.4 is 4.74 Å². The lowest BCUT2D eigenvalue weighted by molar-refractivity contribution is -0.0455. The molecule has 0 aliphatic rings. The van der Waals surface area contributed by atoms with E-state index in [2.05, 4.69) is 6.58 Å². The van der Waals surface area contributed by atoms with Gasteiger partial charge in [-0.05, 0) is 84.1 Å². The van der Waals surface area contributed by atoms with Gasteiger partial charge in [0.2, 0.25) is 0 Å².